The summed E-state index contributed by atoms with van der Waals surface area (Å²) in [5.74, 6) is 3.30. The Morgan fingerprint density at radius 3 is 2.88 bits per heavy atom. The fourth-order valence-corrected chi connectivity index (χ4v) is 2.56. The zero-order valence-electron chi connectivity index (χ0n) is 13.7. The number of hydrogen-bond acceptors (Lipinski definition) is 7. The topological polar surface area (TPSA) is 78.6 Å². The van der Waals surface area contributed by atoms with Gasteiger partial charge in [-0.15, -0.1) is 10.2 Å². The Hall–Kier alpha value is -3.06. The molecule has 0 unspecified atom stereocenters. The first-order chi connectivity index (χ1) is 12.3. The quantitative estimate of drug-likeness (QED) is 0.740. The Bertz CT molecular complexity index is 878. The standard InChI is InChI=1S/C18H17N3O4/c1-22-14-4-2-3-13(8-14)18-21-20-17(25-18)10-19-9-12-5-6-15-16(7-12)24-11-23-15/h2-8,19H,9-11H2,1H3. The van der Waals surface area contributed by atoms with Crippen LogP contribution in [0.5, 0.6) is 17.2 Å². The summed E-state index contributed by atoms with van der Waals surface area (Å²) >= 11 is 0. The second kappa shape index (κ2) is 6.82. The molecule has 0 aliphatic carbocycles. The van der Waals surface area contributed by atoms with Gasteiger partial charge in [0.1, 0.15) is 5.75 Å². The van der Waals surface area contributed by atoms with Crippen LogP contribution in [-0.4, -0.2) is 24.1 Å². The maximum Gasteiger partial charge on any atom is 0.247 e. The number of methoxy groups -OCH3 is 1. The number of rotatable bonds is 6. The van der Waals surface area contributed by atoms with Gasteiger partial charge in [0.15, 0.2) is 11.5 Å². The Kier molecular flexibility index (Phi) is 4.22. The van der Waals surface area contributed by atoms with Crippen molar-refractivity contribution in [3.8, 4) is 28.7 Å². The van der Waals surface area contributed by atoms with E-state index in [1.807, 2.05) is 42.5 Å². The number of hydrogen-bond donors (Lipinski definition) is 1. The van der Waals surface area contributed by atoms with E-state index >= 15 is 0 Å². The molecular weight excluding hydrogens is 322 g/mol. The van der Waals surface area contributed by atoms with E-state index in [1.165, 1.54) is 0 Å². The molecule has 0 amide bonds. The molecule has 0 saturated carbocycles. The summed E-state index contributed by atoms with van der Waals surface area (Å²) < 4.78 is 21.6. The molecule has 2 heterocycles. The molecule has 0 spiro atoms. The highest BCUT2D eigenvalue weighted by molar-refractivity contribution is 5.55. The fraction of sp³-hybridized carbons (Fsp3) is 0.222. The smallest absolute Gasteiger partial charge is 0.247 e. The molecular formula is C18H17N3O4. The van der Waals surface area contributed by atoms with E-state index < -0.39 is 0 Å². The number of aromatic nitrogens is 2. The van der Waals surface area contributed by atoms with Gasteiger partial charge in [0, 0.05) is 12.1 Å². The molecule has 0 fully saturated rings. The normalized spacial score (nSPS) is 12.4. The fourth-order valence-electron chi connectivity index (χ4n) is 2.56. The SMILES string of the molecule is COc1cccc(-c2nnc(CNCc3ccc4c(c3)OCO4)o2)c1. The zero-order valence-corrected chi connectivity index (χ0v) is 13.7. The molecule has 128 valence electrons. The number of nitrogens with zero attached hydrogens (tertiary/aromatic N) is 2. The highest BCUT2D eigenvalue weighted by Gasteiger charge is 2.13. The maximum absolute atomic E-state index is 5.70. The summed E-state index contributed by atoms with van der Waals surface area (Å²) in [6.45, 7) is 1.42. The van der Waals surface area contributed by atoms with Crippen LogP contribution in [-0.2, 0) is 13.1 Å². The van der Waals surface area contributed by atoms with Crippen LogP contribution in [0, 0.1) is 0 Å². The minimum absolute atomic E-state index is 0.279. The molecule has 7 nitrogen and oxygen atoms in total. The summed E-state index contributed by atoms with van der Waals surface area (Å²) in [6.07, 6.45) is 0. The first kappa shape index (κ1) is 15.5. The van der Waals surface area contributed by atoms with Gasteiger partial charge in [-0.25, -0.2) is 0 Å². The summed E-state index contributed by atoms with van der Waals surface area (Å²) in [6, 6.07) is 13.4. The first-order valence-electron chi connectivity index (χ1n) is 7.88. The van der Waals surface area contributed by atoms with Gasteiger partial charge >= 0.3 is 0 Å². The number of nitrogens with one attached hydrogen (secondary N) is 1. The number of benzene rings is 2. The average molecular weight is 339 g/mol. The molecule has 25 heavy (non-hydrogen) atoms. The molecule has 1 aliphatic heterocycles. The third kappa shape index (κ3) is 3.41. The van der Waals surface area contributed by atoms with Crippen molar-refractivity contribution in [3.05, 3.63) is 53.9 Å². The third-order valence-corrected chi connectivity index (χ3v) is 3.83. The van der Waals surface area contributed by atoms with Crippen LogP contribution in [0.25, 0.3) is 11.5 Å². The van der Waals surface area contributed by atoms with E-state index in [9.17, 15) is 0 Å². The van der Waals surface area contributed by atoms with E-state index in [0.717, 1.165) is 28.4 Å². The summed E-state index contributed by atoms with van der Waals surface area (Å²) in [7, 11) is 1.62. The third-order valence-electron chi connectivity index (χ3n) is 3.83. The molecule has 0 atom stereocenters. The summed E-state index contributed by atoms with van der Waals surface area (Å²) in [5.41, 5.74) is 1.92. The predicted octanol–water partition coefficient (Wildman–Crippen LogP) is 2.76. The van der Waals surface area contributed by atoms with Crippen LogP contribution in [0.15, 0.2) is 46.9 Å². The van der Waals surface area contributed by atoms with Crippen molar-refractivity contribution in [1.82, 2.24) is 15.5 Å². The molecule has 7 heteroatoms. The van der Waals surface area contributed by atoms with E-state index in [1.54, 1.807) is 7.11 Å². The maximum atomic E-state index is 5.70. The lowest BCUT2D eigenvalue weighted by atomic mass is 10.2. The van der Waals surface area contributed by atoms with E-state index in [0.29, 0.717) is 24.9 Å². The van der Waals surface area contributed by atoms with Gasteiger partial charge in [-0.3, -0.25) is 0 Å². The molecule has 2 aromatic carbocycles. The van der Waals surface area contributed by atoms with E-state index in [4.69, 9.17) is 18.6 Å². The first-order valence-corrected chi connectivity index (χ1v) is 7.88. The van der Waals surface area contributed by atoms with Crippen LogP contribution in [0.2, 0.25) is 0 Å². The Balaban J connectivity index is 1.37. The highest BCUT2D eigenvalue weighted by Crippen LogP contribution is 2.32. The number of fused-ring (bicyclic) bond motifs is 1. The van der Waals surface area contributed by atoms with E-state index in [-0.39, 0.29) is 6.79 Å². The van der Waals surface area contributed by atoms with Crippen LogP contribution in [0.1, 0.15) is 11.5 Å². The molecule has 0 radical (unpaired) electrons. The second-order valence-corrected chi connectivity index (χ2v) is 5.52. The minimum atomic E-state index is 0.279. The van der Waals surface area contributed by atoms with Crippen LogP contribution in [0.4, 0.5) is 0 Å². The van der Waals surface area contributed by atoms with Crippen LogP contribution < -0.4 is 19.5 Å². The molecule has 1 aromatic heterocycles. The lowest BCUT2D eigenvalue weighted by Gasteiger charge is -2.04. The summed E-state index contributed by atoms with van der Waals surface area (Å²) in [4.78, 5) is 0. The summed E-state index contributed by atoms with van der Waals surface area (Å²) in [5, 5.41) is 11.4. The molecule has 1 aliphatic rings. The average Bonchev–Trinajstić information content (AvgIpc) is 3.30. The lowest BCUT2D eigenvalue weighted by Crippen LogP contribution is -2.12. The largest absolute Gasteiger partial charge is 0.497 e. The van der Waals surface area contributed by atoms with Crippen molar-refractivity contribution in [2.45, 2.75) is 13.1 Å². The van der Waals surface area contributed by atoms with Crippen molar-refractivity contribution in [3.63, 3.8) is 0 Å². The van der Waals surface area contributed by atoms with Crippen molar-refractivity contribution in [2.75, 3.05) is 13.9 Å². The van der Waals surface area contributed by atoms with Crippen molar-refractivity contribution >= 4 is 0 Å². The number of ether oxygens (including phenoxy) is 3. The van der Waals surface area contributed by atoms with Gasteiger partial charge < -0.3 is 23.9 Å². The Labute approximate surface area is 144 Å². The molecule has 3 aromatic rings. The van der Waals surface area contributed by atoms with Crippen molar-refractivity contribution in [2.24, 2.45) is 0 Å². The molecule has 4 rings (SSSR count). The van der Waals surface area contributed by atoms with Gasteiger partial charge in [-0.2, -0.15) is 0 Å². The van der Waals surface area contributed by atoms with Gasteiger partial charge in [0.25, 0.3) is 0 Å². The molecule has 1 N–H and O–H groups in total. The van der Waals surface area contributed by atoms with Gasteiger partial charge in [0.05, 0.1) is 13.7 Å². The van der Waals surface area contributed by atoms with Gasteiger partial charge in [-0.05, 0) is 35.9 Å². The van der Waals surface area contributed by atoms with E-state index in [2.05, 4.69) is 15.5 Å². The van der Waals surface area contributed by atoms with Gasteiger partial charge in [0.2, 0.25) is 18.6 Å². The lowest BCUT2D eigenvalue weighted by molar-refractivity contribution is 0.174. The van der Waals surface area contributed by atoms with Crippen LogP contribution >= 0.6 is 0 Å². The Morgan fingerprint density at radius 1 is 1.04 bits per heavy atom. The predicted molar refractivity (Wildman–Crippen MR) is 89.4 cm³/mol. The van der Waals surface area contributed by atoms with Crippen LogP contribution in [0.3, 0.4) is 0 Å². The zero-order chi connectivity index (χ0) is 17.1. The second-order valence-electron chi connectivity index (χ2n) is 5.52. The molecule has 0 bridgehead atoms. The monoisotopic (exact) mass is 339 g/mol. The minimum Gasteiger partial charge on any atom is -0.497 e. The van der Waals surface area contributed by atoms with Crippen molar-refractivity contribution < 1.29 is 18.6 Å². The Morgan fingerprint density at radius 2 is 1.96 bits per heavy atom. The van der Waals surface area contributed by atoms with Gasteiger partial charge in [-0.1, -0.05) is 12.1 Å². The van der Waals surface area contributed by atoms with Crippen molar-refractivity contribution in [1.29, 1.82) is 0 Å². The highest BCUT2D eigenvalue weighted by atomic mass is 16.7. The molecule has 0 saturated heterocycles.